The Hall–Kier alpha value is -2.69. The quantitative estimate of drug-likeness (QED) is 0.750. The normalized spacial score (nSPS) is 11.8. The number of benzene rings is 2. The Morgan fingerprint density at radius 1 is 1.00 bits per heavy atom. The Balaban J connectivity index is 2.28. The van der Waals surface area contributed by atoms with Crippen LogP contribution < -0.4 is 5.32 Å². The number of likely N-dealkylation sites (N-methyl/N-ethyl adjacent to an activating group) is 1. The molecule has 150 valence electrons. The molecular weight excluding hydrogens is 355 g/mol. The molecule has 0 saturated heterocycles. The second-order valence-electron chi connectivity index (χ2n) is 7.06. The van der Waals surface area contributed by atoms with Gasteiger partial charge in [-0.2, -0.15) is 0 Å². The second kappa shape index (κ2) is 10.0. The zero-order valence-electron chi connectivity index (χ0n) is 17.1. The lowest BCUT2D eigenvalue weighted by molar-refractivity contribution is -0.140. The standard InChI is InChI=1S/C23H29FN2O2/c1-5-21(23(28)25-6-2)26(15-18-9-11-20(24)12-10-18)22(27)14-19-8-7-16(3)17(4)13-19/h7-13,21H,5-6,14-15H2,1-4H3,(H,25,28)/t21-/m1/s1. The Morgan fingerprint density at radius 3 is 2.21 bits per heavy atom. The van der Waals surface area contributed by atoms with Crippen LogP contribution in [0.2, 0.25) is 0 Å². The third-order valence-corrected chi connectivity index (χ3v) is 4.93. The lowest BCUT2D eigenvalue weighted by Crippen LogP contribution is -2.49. The van der Waals surface area contributed by atoms with Gasteiger partial charge in [-0.15, -0.1) is 0 Å². The van der Waals surface area contributed by atoms with Gasteiger partial charge in [-0.25, -0.2) is 4.39 Å². The van der Waals surface area contributed by atoms with Crippen molar-refractivity contribution >= 4 is 11.8 Å². The van der Waals surface area contributed by atoms with E-state index in [1.807, 2.05) is 45.9 Å². The number of hydrogen-bond acceptors (Lipinski definition) is 2. The highest BCUT2D eigenvalue weighted by Gasteiger charge is 2.28. The molecule has 4 nitrogen and oxygen atoms in total. The molecule has 0 bridgehead atoms. The van der Waals surface area contributed by atoms with E-state index < -0.39 is 6.04 Å². The summed E-state index contributed by atoms with van der Waals surface area (Å²) in [5.74, 6) is -0.612. The molecule has 28 heavy (non-hydrogen) atoms. The molecule has 2 amide bonds. The van der Waals surface area contributed by atoms with Crippen molar-refractivity contribution in [3.8, 4) is 0 Å². The highest BCUT2D eigenvalue weighted by molar-refractivity contribution is 5.88. The Bertz CT molecular complexity index is 818. The van der Waals surface area contributed by atoms with Gasteiger partial charge in [-0.05, 0) is 61.6 Å². The molecule has 0 fully saturated rings. The van der Waals surface area contributed by atoms with Crippen molar-refractivity contribution in [2.75, 3.05) is 6.54 Å². The van der Waals surface area contributed by atoms with Crippen molar-refractivity contribution in [2.24, 2.45) is 0 Å². The van der Waals surface area contributed by atoms with Crippen LogP contribution in [0.1, 0.15) is 42.5 Å². The first-order valence-electron chi connectivity index (χ1n) is 9.73. The number of aryl methyl sites for hydroxylation is 2. The first-order chi connectivity index (χ1) is 13.3. The van der Waals surface area contributed by atoms with Crippen LogP contribution in [0.3, 0.4) is 0 Å². The first-order valence-corrected chi connectivity index (χ1v) is 9.73. The summed E-state index contributed by atoms with van der Waals surface area (Å²) in [5.41, 5.74) is 4.01. The molecule has 0 heterocycles. The number of halogens is 1. The molecule has 0 unspecified atom stereocenters. The van der Waals surface area contributed by atoms with Crippen molar-refractivity contribution in [1.29, 1.82) is 0 Å². The minimum absolute atomic E-state index is 0.120. The summed E-state index contributed by atoms with van der Waals surface area (Å²) in [6.45, 7) is 8.56. The number of amides is 2. The summed E-state index contributed by atoms with van der Waals surface area (Å²) in [6, 6.07) is 11.4. The molecule has 0 aromatic heterocycles. The molecule has 2 rings (SSSR count). The van der Waals surface area contributed by atoms with E-state index in [1.165, 1.54) is 17.7 Å². The third-order valence-electron chi connectivity index (χ3n) is 4.93. The van der Waals surface area contributed by atoms with Gasteiger partial charge in [0.25, 0.3) is 0 Å². The molecule has 0 radical (unpaired) electrons. The van der Waals surface area contributed by atoms with Crippen LogP contribution in [0.15, 0.2) is 42.5 Å². The van der Waals surface area contributed by atoms with Crippen LogP contribution in [0.5, 0.6) is 0 Å². The van der Waals surface area contributed by atoms with E-state index in [9.17, 15) is 14.0 Å². The second-order valence-corrected chi connectivity index (χ2v) is 7.06. The predicted molar refractivity (Wildman–Crippen MR) is 109 cm³/mol. The number of nitrogens with one attached hydrogen (secondary N) is 1. The number of carbonyl (C=O) groups is 2. The van der Waals surface area contributed by atoms with E-state index in [4.69, 9.17) is 0 Å². The monoisotopic (exact) mass is 384 g/mol. The Kier molecular flexibility index (Phi) is 7.73. The maximum Gasteiger partial charge on any atom is 0.242 e. The lowest BCUT2D eigenvalue weighted by atomic mass is 10.0. The fourth-order valence-corrected chi connectivity index (χ4v) is 3.19. The van der Waals surface area contributed by atoms with Gasteiger partial charge in [-0.1, -0.05) is 37.3 Å². The Morgan fingerprint density at radius 2 is 1.64 bits per heavy atom. The lowest BCUT2D eigenvalue weighted by Gasteiger charge is -2.30. The van der Waals surface area contributed by atoms with Crippen molar-refractivity contribution in [2.45, 2.75) is 53.1 Å². The molecule has 0 aliphatic rings. The van der Waals surface area contributed by atoms with Crippen molar-refractivity contribution in [3.63, 3.8) is 0 Å². The summed E-state index contributed by atoms with van der Waals surface area (Å²) in [7, 11) is 0. The van der Waals surface area contributed by atoms with Crippen LogP contribution in [-0.4, -0.2) is 29.3 Å². The summed E-state index contributed by atoms with van der Waals surface area (Å²) in [4.78, 5) is 27.3. The summed E-state index contributed by atoms with van der Waals surface area (Å²) in [6.07, 6.45) is 0.726. The summed E-state index contributed by atoms with van der Waals surface area (Å²) >= 11 is 0. The molecule has 0 saturated carbocycles. The molecule has 2 aromatic rings. The minimum Gasteiger partial charge on any atom is -0.355 e. The predicted octanol–water partition coefficient (Wildman–Crippen LogP) is 3.93. The number of carbonyl (C=O) groups excluding carboxylic acids is 2. The van der Waals surface area contributed by atoms with Crippen LogP contribution >= 0.6 is 0 Å². The van der Waals surface area contributed by atoms with Gasteiger partial charge in [0.15, 0.2) is 0 Å². The number of nitrogens with zero attached hydrogens (tertiary/aromatic N) is 1. The molecule has 0 aliphatic heterocycles. The molecule has 2 aromatic carbocycles. The van der Waals surface area contributed by atoms with Gasteiger partial charge < -0.3 is 10.2 Å². The van der Waals surface area contributed by atoms with E-state index in [2.05, 4.69) is 5.32 Å². The third kappa shape index (κ3) is 5.65. The average Bonchev–Trinajstić information content (AvgIpc) is 2.66. The zero-order valence-corrected chi connectivity index (χ0v) is 17.1. The first kappa shape index (κ1) is 21.6. The number of hydrogen-bond donors (Lipinski definition) is 1. The van der Waals surface area contributed by atoms with E-state index in [0.29, 0.717) is 13.0 Å². The van der Waals surface area contributed by atoms with E-state index in [0.717, 1.165) is 16.7 Å². The largest absolute Gasteiger partial charge is 0.355 e. The average molecular weight is 384 g/mol. The summed E-state index contributed by atoms with van der Waals surface area (Å²) < 4.78 is 13.2. The highest BCUT2D eigenvalue weighted by Crippen LogP contribution is 2.17. The molecule has 0 aliphatic carbocycles. The van der Waals surface area contributed by atoms with Gasteiger partial charge >= 0.3 is 0 Å². The van der Waals surface area contributed by atoms with E-state index >= 15 is 0 Å². The molecule has 0 spiro atoms. The topological polar surface area (TPSA) is 49.4 Å². The SMILES string of the molecule is CCNC(=O)[C@@H](CC)N(Cc1ccc(F)cc1)C(=O)Cc1ccc(C)c(C)c1. The van der Waals surface area contributed by atoms with Gasteiger partial charge in [0.05, 0.1) is 6.42 Å². The van der Waals surface area contributed by atoms with Crippen molar-refractivity contribution < 1.29 is 14.0 Å². The zero-order chi connectivity index (χ0) is 20.7. The molecule has 5 heteroatoms. The maximum atomic E-state index is 13.2. The van der Waals surface area contributed by atoms with Crippen molar-refractivity contribution in [3.05, 3.63) is 70.5 Å². The highest BCUT2D eigenvalue weighted by atomic mass is 19.1. The van der Waals surface area contributed by atoms with E-state index in [1.54, 1.807) is 17.0 Å². The fraction of sp³-hybridized carbons (Fsp3) is 0.391. The molecular formula is C23H29FN2O2. The van der Waals surface area contributed by atoms with Gasteiger partial charge in [0, 0.05) is 13.1 Å². The minimum atomic E-state index is -0.566. The summed E-state index contributed by atoms with van der Waals surface area (Å²) in [5, 5.41) is 2.81. The van der Waals surface area contributed by atoms with Crippen LogP contribution in [0.4, 0.5) is 4.39 Å². The fourth-order valence-electron chi connectivity index (χ4n) is 3.19. The smallest absolute Gasteiger partial charge is 0.242 e. The number of rotatable bonds is 8. The van der Waals surface area contributed by atoms with Gasteiger partial charge in [-0.3, -0.25) is 9.59 Å². The van der Waals surface area contributed by atoms with E-state index in [-0.39, 0.29) is 30.6 Å². The maximum absolute atomic E-state index is 13.2. The van der Waals surface area contributed by atoms with Gasteiger partial charge in [0.2, 0.25) is 11.8 Å². The van der Waals surface area contributed by atoms with Crippen LogP contribution in [0, 0.1) is 19.7 Å². The van der Waals surface area contributed by atoms with Crippen LogP contribution in [-0.2, 0) is 22.6 Å². The molecule has 1 atom stereocenters. The van der Waals surface area contributed by atoms with Crippen molar-refractivity contribution in [1.82, 2.24) is 10.2 Å². The molecule has 1 N–H and O–H groups in total. The Labute approximate surface area is 166 Å². The van der Waals surface area contributed by atoms with Gasteiger partial charge in [0.1, 0.15) is 11.9 Å². The van der Waals surface area contributed by atoms with Crippen LogP contribution in [0.25, 0.3) is 0 Å².